The lowest BCUT2D eigenvalue weighted by Gasteiger charge is -2.24. The van der Waals surface area contributed by atoms with Crippen molar-refractivity contribution in [2.45, 2.75) is 105 Å². The van der Waals surface area contributed by atoms with E-state index in [4.69, 9.17) is 0 Å². The second-order valence-electron chi connectivity index (χ2n) is 17.6. The van der Waals surface area contributed by atoms with Gasteiger partial charge in [0.15, 0.2) is 0 Å². The molecule has 0 aromatic heterocycles. The summed E-state index contributed by atoms with van der Waals surface area (Å²) in [5, 5.41) is 7.84. The van der Waals surface area contributed by atoms with Crippen molar-refractivity contribution < 1.29 is 0 Å². The summed E-state index contributed by atoms with van der Waals surface area (Å²) in [6.45, 7) is 27.6. The van der Waals surface area contributed by atoms with Crippen LogP contribution in [0.25, 0.3) is 54.6 Å². The summed E-state index contributed by atoms with van der Waals surface area (Å²) < 4.78 is 0. The first-order valence-corrected chi connectivity index (χ1v) is 17.0. The molecule has 6 aromatic rings. The van der Waals surface area contributed by atoms with Crippen LogP contribution in [0.5, 0.6) is 0 Å². The zero-order chi connectivity index (χ0) is 33.4. The largest absolute Gasteiger partial charge is 0.0579 e. The van der Waals surface area contributed by atoms with Crippen molar-refractivity contribution in [2.24, 2.45) is 0 Å². The molecule has 46 heavy (non-hydrogen) atoms. The van der Waals surface area contributed by atoms with Gasteiger partial charge < -0.3 is 0 Å². The summed E-state index contributed by atoms with van der Waals surface area (Å²) in [4.78, 5) is 0. The maximum atomic E-state index is 2.47. The minimum Gasteiger partial charge on any atom is -0.0579 e. The number of benzene rings is 6. The van der Waals surface area contributed by atoms with Crippen LogP contribution in [0, 0.1) is 0 Å². The van der Waals surface area contributed by atoms with Crippen LogP contribution in [-0.2, 0) is 21.7 Å². The van der Waals surface area contributed by atoms with E-state index in [2.05, 4.69) is 180 Å². The lowest BCUT2D eigenvalue weighted by molar-refractivity contribution is 0.590. The van der Waals surface area contributed by atoms with Crippen molar-refractivity contribution in [1.82, 2.24) is 0 Å². The molecule has 0 unspecified atom stereocenters. The molecule has 236 valence electrons. The second kappa shape index (κ2) is 10.8. The van der Waals surface area contributed by atoms with Gasteiger partial charge in [0.2, 0.25) is 0 Å². The molecule has 0 saturated heterocycles. The summed E-state index contributed by atoms with van der Waals surface area (Å²) in [5.74, 6) is 0. The summed E-state index contributed by atoms with van der Waals surface area (Å²) in [6.07, 6.45) is 0. The van der Waals surface area contributed by atoms with E-state index in [0.717, 1.165) is 0 Å². The number of fused-ring (bicyclic) bond motifs is 3. The predicted octanol–water partition coefficient (Wildman–Crippen LogP) is 13.7. The maximum absolute atomic E-state index is 2.47. The Hall–Kier alpha value is -3.90. The molecule has 6 aromatic carbocycles. The smallest absolute Gasteiger partial charge is 0.00264 e. The van der Waals surface area contributed by atoms with Gasteiger partial charge in [0.1, 0.15) is 0 Å². The van der Waals surface area contributed by atoms with E-state index >= 15 is 0 Å². The highest BCUT2D eigenvalue weighted by Crippen LogP contribution is 2.46. The fourth-order valence-electron chi connectivity index (χ4n) is 6.82. The monoisotopic (exact) mass is 604 g/mol. The Morgan fingerprint density at radius 1 is 0.283 bits per heavy atom. The average molecular weight is 605 g/mol. The minimum absolute atomic E-state index is 0.0655. The molecule has 0 spiro atoms. The van der Waals surface area contributed by atoms with Crippen LogP contribution in [0.15, 0.2) is 97.1 Å². The van der Waals surface area contributed by atoms with Gasteiger partial charge in [-0.05, 0) is 111 Å². The van der Waals surface area contributed by atoms with Crippen LogP contribution in [0.4, 0.5) is 0 Å². The van der Waals surface area contributed by atoms with Crippen molar-refractivity contribution in [1.29, 1.82) is 0 Å². The Labute approximate surface area is 277 Å². The molecule has 0 aliphatic heterocycles. The Morgan fingerprint density at radius 2 is 0.565 bits per heavy atom. The molecule has 0 bridgehead atoms. The molecular weight excluding hydrogens is 553 g/mol. The summed E-state index contributed by atoms with van der Waals surface area (Å²) in [5.41, 5.74) is 11.0. The van der Waals surface area contributed by atoms with Gasteiger partial charge in [0.05, 0.1) is 0 Å². The molecule has 0 heterocycles. The topological polar surface area (TPSA) is 0 Å². The Morgan fingerprint density at radius 3 is 0.848 bits per heavy atom. The average Bonchev–Trinajstić information content (AvgIpc) is 2.96. The lowest BCUT2D eigenvalue weighted by Crippen LogP contribution is -2.11. The van der Waals surface area contributed by atoms with E-state index in [1.54, 1.807) is 0 Å². The van der Waals surface area contributed by atoms with Crippen LogP contribution in [-0.4, -0.2) is 0 Å². The number of hydrogen-bond donors (Lipinski definition) is 0. The van der Waals surface area contributed by atoms with Gasteiger partial charge in [0.25, 0.3) is 0 Å². The van der Waals surface area contributed by atoms with Crippen molar-refractivity contribution in [3.63, 3.8) is 0 Å². The van der Waals surface area contributed by atoms with E-state index in [1.165, 1.54) is 76.8 Å². The highest BCUT2D eigenvalue weighted by Gasteiger charge is 2.22. The van der Waals surface area contributed by atoms with E-state index < -0.39 is 0 Å². The molecule has 0 nitrogen and oxygen atoms in total. The van der Waals surface area contributed by atoms with Crippen LogP contribution in [0.3, 0.4) is 0 Å². The molecule has 0 heteroatoms. The molecule has 0 aliphatic rings. The third-order valence-corrected chi connectivity index (χ3v) is 9.88. The van der Waals surface area contributed by atoms with Crippen molar-refractivity contribution >= 4 is 32.3 Å². The zero-order valence-corrected chi connectivity index (χ0v) is 30.2. The Kier molecular flexibility index (Phi) is 7.55. The van der Waals surface area contributed by atoms with Crippen molar-refractivity contribution in [3.8, 4) is 22.3 Å². The normalized spacial score (nSPS) is 13.2. The quantitative estimate of drug-likeness (QED) is 0.172. The molecule has 0 aliphatic carbocycles. The van der Waals surface area contributed by atoms with E-state index in [-0.39, 0.29) is 21.7 Å². The third kappa shape index (κ3) is 5.88. The van der Waals surface area contributed by atoms with Crippen molar-refractivity contribution in [2.75, 3.05) is 0 Å². The first kappa shape index (κ1) is 32.1. The Bertz CT molecular complexity index is 1920. The van der Waals surface area contributed by atoms with Gasteiger partial charge in [0, 0.05) is 0 Å². The van der Waals surface area contributed by atoms with Crippen molar-refractivity contribution in [3.05, 3.63) is 119 Å². The van der Waals surface area contributed by atoms with Gasteiger partial charge in [-0.15, -0.1) is 0 Å². The van der Waals surface area contributed by atoms with Crippen LogP contribution in [0.2, 0.25) is 0 Å². The SMILES string of the molecule is CC(C)(C)c1ccc(-c2c3ccc(C(C)(C)C)cc3cc3c(-c4ccc(C(C)(C)C)cc4)c4ccc(C(C)(C)C)cc4cc23)cc1. The molecule has 0 radical (unpaired) electrons. The minimum atomic E-state index is 0.0655. The second-order valence-corrected chi connectivity index (χ2v) is 17.6. The maximum Gasteiger partial charge on any atom is -0.00264 e. The molecule has 0 fully saturated rings. The summed E-state index contributed by atoms with van der Waals surface area (Å²) in [6, 6.07) is 37.9. The predicted molar refractivity (Wildman–Crippen MR) is 205 cm³/mol. The fraction of sp³-hybridized carbons (Fsp3) is 0.348. The summed E-state index contributed by atoms with van der Waals surface area (Å²) >= 11 is 0. The fourth-order valence-corrected chi connectivity index (χ4v) is 6.82. The van der Waals surface area contributed by atoms with Crippen LogP contribution in [0.1, 0.15) is 105 Å². The van der Waals surface area contributed by atoms with Gasteiger partial charge in [-0.3, -0.25) is 0 Å². The zero-order valence-electron chi connectivity index (χ0n) is 30.2. The lowest BCUT2D eigenvalue weighted by atomic mass is 9.80. The molecule has 6 rings (SSSR count). The number of hydrogen-bond acceptors (Lipinski definition) is 0. The highest BCUT2D eigenvalue weighted by molar-refractivity contribution is 6.22. The highest BCUT2D eigenvalue weighted by atomic mass is 14.3. The van der Waals surface area contributed by atoms with Gasteiger partial charge >= 0.3 is 0 Å². The Balaban J connectivity index is 1.79. The van der Waals surface area contributed by atoms with E-state index in [0.29, 0.717) is 0 Å². The van der Waals surface area contributed by atoms with Gasteiger partial charge in [-0.25, -0.2) is 0 Å². The van der Waals surface area contributed by atoms with Crippen LogP contribution < -0.4 is 0 Å². The van der Waals surface area contributed by atoms with E-state index in [9.17, 15) is 0 Å². The summed E-state index contributed by atoms with van der Waals surface area (Å²) in [7, 11) is 0. The van der Waals surface area contributed by atoms with Gasteiger partial charge in [-0.1, -0.05) is 168 Å². The van der Waals surface area contributed by atoms with Gasteiger partial charge in [-0.2, -0.15) is 0 Å². The van der Waals surface area contributed by atoms with E-state index in [1.807, 2.05) is 0 Å². The molecular formula is C46H52. The standard InChI is InChI=1S/C46H52/c1-43(2,3)33-17-13-29(14-18-33)41-37-23-21-35(45(7,8)9)25-31(37)28-40-39(41)27-32-26-36(46(10,11)12)22-24-38(32)42(40)30-15-19-34(20-16-30)44(4,5)6/h13-28H,1-12H3. The van der Waals surface area contributed by atoms with Crippen LogP contribution >= 0.6 is 0 Å². The first-order chi connectivity index (χ1) is 21.3. The molecule has 0 N–H and O–H groups in total. The third-order valence-electron chi connectivity index (χ3n) is 9.88. The number of rotatable bonds is 2. The molecule has 0 amide bonds. The molecule has 0 saturated carbocycles. The molecule has 0 atom stereocenters. The first-order valence-electron chi connectivity index (χ1n) is 17.0.